The summed E-state index contributed by atoms with van der Waals surface area (Å²) in [6.45, 7) is 3.18. The molecule has 1 rings (SSSR count). The number of rotatable bonds is 7. The van der Waals surface area contributed by atoms with Crippen LogP contribution in [0.2, 0.25) is 0 Å². The lowest BCUT2D eigenvalue weighted by molar-refractivity contribution is 0.0948. The van der Waals surface area contributed by atoms with Gasteiger partial charge in [0.25, 0.3) is 5.91 Å². The van der Waals surface area contributed by atoms with E-state index in [1.165, 1.54) is 12.1 Å². The van der Waals surface area contributed by atoms with Gasteiger partial charge in [-0.05, 0) is 38.4 Å². The Hall–Kier alpha value is -1.62. The Morgan fingerprint density at radius 1 is 1.44 bits per heavy atom. The summed E-state index contributed by atoms with van der Waals surface area (Å²) in [7, 11) is 0. The van der Waals surface area contributed by atoms with E-state index in [4.69, 9.17) is 10.5 Å². The topological polar surface area (TPSA) is 64.3 Å². The van der Waals surface area contributed by atoms with Crippen molar-refractivity contribution < 1.29 is 13.9 Å². The van der Waals surface area contributed by atoms with Crippen LogP contribution >= 0.6 is 0 Å². The number of halogens is 1. The summed E-state index contributed by atoms with van der Waals surface area (Å²) in [5.74, 6) is -0.835. The van der Waals surface area contributed by atoms with Crippen molar-refractivity contribution in [3.8, 4) is 5.75 Å². The smallest absolute Gasteiger partial charge is 0.255 e. The van der Waals surface area contributed by atoms with Crippen molar-refractivity contribution in [1.82, 2.24) is 5.32 Å². The van der Waals surface area contributed by atoms with Crippen LogP contribution < -0.4 is 15.8 Å². The molecule has 1 aromatic carbocycles. The molecule has 1 amide bonds. The zero-order valence-corrected chi connectivity index (χ0v) is 10.5. The van der Waals surface area contributed by atoms with E-state index < -0.39 is 5.82 Å². The lowest BCUT2D eigenvalue weighted by Gasteiger charge is -2.11. The molecule has 0 aliphatic heterocycles. The summed E-state index contributed by atoms with van der Waals surface area (Å²) >= 11 is 0. The van der Waals surface area contributed by atoms with Crippen LogP contribution in [0.25, 0.3) is 0 Å². The maximum absolute atomic E-state index is 13.5. The number of hydrogen-bond donors (Lipinski definition) is 2. The molecule has 100 valence electrons. The van der Waals surface area contributed by atoms with Crippen LogP contribution in [-0.4, -0.2) is 25.6 Å². The molecule has 4 nitrogen and oxygen atoms in total. The summed E-state index contributed by atoms with van der Waals surface area (Å²) in [6, 6.07) is 4.31. The number of unbranched alkanes of at least 4 members (excludes halogenated alkanes) is 1. The van der Waals surface area contributed by atoms with Gasteiger partial charge in [-0.25, -0.2) is 4.39 Å². The third-order valence-corrected chi connectivity index (χ3v) is 2.42. The minimum absolute atomic E-state index is 0.0105. The van der Waals surface area contributed by atoms with E-state index in [9.17, 15) is 9.18 Å². The van der Waals surface area contributed by atoms with Gasteiger partial charge in [0.1, 0.15) is 0 Å². The Labute approximate surface area is 106 Å². The number of ether oxygens (including phenoxy) is 1. The van der Waals surface area contributed by atoms with E-state index in [0.717, 1.165) is 12.8 Å². The van der Waals surface area contributed by atoms with Gasteiger partial charge < -0.3 is 15.8 Å². The van der Waals surface area contributed by atoms with E-state index in [1.54, 1.807) is 13.0 Å². The minimum Gasteiger partial charge on any atom is -0.490 e. The van der Waals surface area contributed by atoms with Crippen molar-refractivity contribution in [3.63, 3.8) is 0 Å². The molecular weight excluding hydrogens is 235 g/mol. The van der Waals surface area contributed by atoms with Crippen molar-refractivity contribution in [2.75, 3.05) is 19.7 Å². The van der Waals surface area contributed by atoms with Gasteiger partial charge in [0.2, 0.25) is 0 Å². The van der Waals surface area contributed by atoms with Gasteiger partial charge >= 0.3 is 0 Å². The SMILES string of the molecule is CCOc1c(F)cccc1C(=O)NCCCCN. The standard InChI is InChI=1S/C13H19FN2O2/c1-2-18-12-10(6-5-7-11(12)14)13(17)16-9-4-3-8-15/h5-7H,2-4,8-9,15H2,1H3,(H,16,17). The van der Waals surface area contributed by atoms with Gasteiger partial charge in [0.15, 0.2) is 11.6 Å². The lowest BCUT2D eigenvalue weighted by atomic mass is 10.1. The molecule has 0 unspecified atom stereocenters. The molecule has 0 heterocycles. The van der Waals surface area contributed by atoms with E-state index in [1.807, 2.05) is 0 Å². The van der Waals surface area contributed by atoms with Gasteiger partial charge in [0.05, 0.1) is 12.2 Å². The molecular formula is C13H19FN2O2. The Morgan fingerprint density at radius 3 is 2.89 bits per heavy atom. The first-order chi connectivity index (χ1) is 8.70. The Kier molecular flexibility index (Phi) is 6.14. The molecule has 3 N–H and O–H groups in total. The highest BCUT2D eigenvalue weighted by molar-refractivity contribution is 5.96. The number of carbonyl (C=O) groups is 1. The molecule has 0 saturated carbocycles. The number of hydrogen-bond acceptors (Lipinski definition) is 3. The first-order valence-electron chi connectivity index (χ1n) is 6.10. The Bertz CT molecular complexity index is 397. The molecule has 0 aliphatic rings. The zero-order valence-electron chi connectivity index (χ0n) is 10.5. The van der Waals surface area contributed by atoms with Gasteiger partial charge in [0, 0.05) is 6.54 Å². The van der Waals surface area contributed by atoms with Gasteiger partial charge in [-0.1, -0.05) is 6.07 Å². The number of amides is 1. The van der Waals surface area contributed by atoms with Crippen LogP contribution in [-0.2, 0) is 0 Å². The highest BCUT2D eigenvalue weighted by Crippen LogP contribution is 2.22. The first-order valence-corrected chi connectivity index (χ1v) is 6.10. The molecule has 0 atom stereocenters. The quantitative estimate of drug-likeness (QED) is 0.728. The zero-order chi connectivity index (χ0) is 13.4. The fraction of sp³-hybridized carbons (Fsp3) is 0.462. The highest BCUT2D eigenvalue weighted by atomic mass is 19.1. The average Bonchev–Trinajstić information content (AvgIpc) is 2.37. The second-order valence-corrected chi connectivity index (χ2v) is 3.80. The molecule has 1 aromatic rings. The maximum atomic E-state index is 13.5. The Balaban J connectivity index is 2.69. The third kappa shape index (κ3) is 4.00. The number of nitrogens with one attached hydrogen (secondary N) is 1. The van der Waals surface area contributed by atoms with Gasteiger partial charge in [-0.2, -0.15) is 0 Å². The minimum atomic E-state index is -0.522. The summed E-state index contributed by atoms with van der Waals surface area (Å²) in [4.78, 5) is 11.9. The molecule has 0 spiro atoms. The van der Waals surface area contributed by atoms with E-state index in [0.29, 0.717) is 19.7 Å². The molecule has 0 aromatic heterocycles. The highest BCUT2D eigenvalue weighted by Gasteiger charge is 2.15. The molecule has 18 heavy (non-hydrogen) atoms. The maximum Gasteiger partial charge on any atom is 0.255 e. The number of para-hydroxylation sites is 1. The van der Waals surface area contributed by atoms with Crippen LogP contribution in [0.3, 0.4) is 0 Å². The largest absolute Gasteiger partial charge is 0.490 e. The molecule has 0 fully saturated rings. The van der Waals surface area contributed by atoms with Gasteiger partial charge in [-0.3, -0.25) is 4.79 Å². The summed E-state index contributed by atoms with van der Waals surface area (Å²) in [6.07, 6.45) is 1.66. The lowest BCUT2D eigenvalue weighted by Crippen LogP contribution is -2.25. The summed E-state index contributed by atoms with van der Waals surface area (Å²) < 4.78 is 18.7. The predicted octanol–water partition coefficient (Wildman–Crippen LogP) is 1.69. The molecule has 0 bridgehead atoms. The van der Waals surface area contributed by atoms with Crippen molar-refractivity contribution in [3.05, 3.63) is 29.6 Å². The van der Waals surface area contributed by atoms with E-state index in [-0.39, 0.29) is 17.2 Å². The normalized spacial score (nSPS) is 10.2. The van der Waals surface area contributed by atoms with E-state index in [2.05, 4.69) is 5.32 Å². The molecule has 0 saturated heterocycles. The third-order valence-electron chi connectivity index (χ3n) is 2.42. The fourth-order valence-corrected chi connectivity index (χ4v) is 1.55. The molecule has 0 radical (unpaired) electrons. The van der Waals surface area contributed by atoms with Crippen LogP contribution in [0.5, 0.6) is 5.75 Å². The first kappa shape index (κ1) is 14.4. The fourth-order valence-electron chi connectivity index (χ4n) is 1.55. The molecule has 0 aliphatic carbocycles. The number of benzene rings is 1. The van der Waals surface area contributed by atoms with Crippen LogP contribution in [0, 0.1) is 5.82 Å². The van der Waals surface area contributed by atoms with E-state index >= 15 is 0 Å². The van der Waals surface area contributed by atoms with Crippen molar-refractivity contribution in [2.45, 2.75) is 19.8 Å². The van der Waals surface area contributed by atoms with Crippen LogP contribution in [0.4, 0.5) is 4.39 Å². The predicted molar refractivity (Wildman–Crippen MR) is 68.2 cm³/mol. The summed E-state index contributed by atoms with van der Waals surface area (Å²) in [5, 5.41) is 2.72. The van der Waals surface area contributed by atoms with Crippen molar-refractivity contribution in [2.24, 2.45) is 5.73 Å². The molecule has 5 heteroatoms. The number of carbonyl (C=O) groups excluding carboxylic acids is 1. The second-order valence-electron chi connectivity index (χ2n) is 3.80. The second kappa shape index (κ2) is 7.66. The van der Waals surface area contributed by atoms with Crippen LogP contribution in [0.1, 0.15) is 30.1 Å². The number of nitrogens with two attached hydrogens (primary N) is 1. The van der Waals surface area contributed by atoms with Crippen molar-refractivity contribution in [1.29, 1.82) is 0 Å². The Morgan fingerprint density at radius 2 is 2.22 bits per heavy atom. The monoisotopic (exact) mass is 254 g/mol. The van der Waals surface area contributed by atoms with Crippen LogP contribution in [0.15, 0.2) is 18.2 Å². The average molecular weight is 254 g/mol. The van der Waals surface area contributed by atoms with Gasteiger partial charge in [-0.15, -0.1) is 0 Å². The van der Waals surface area contributed by atoms with Crippen molar-refractivity contribution >= 4 is 5.91 Å². The summed E-state index contributed by atoms with van der Waals surface area (Å²) in [5.41, 5.74) is 5.58.